The van der Waals surface area contributed by atoms with Crippen LogP contribution >= 0.6 is 0 Å². The predicted molar refractivity (Wildman–Crippen MR) is 71.8 cm³/mol. The molecule has 0 spiro atoms. The Hall–Kier alpha value is -1.98. The Balaban J connectivity index is 0.000000711. The van der Waals surface area contributed by atoms with Gasteiger partial charge in [-0.25, -0.2) is 0 Å². The summed E-state index contributed by atoms with van der Waals surface area (Å²) in [7, 11) is 0. The second-order valence-corrected chi connectivity index (χ2v) is 3.71. The predicted octanol–water partition coefficient (Wildman–Crippen LogP) is 2.90. The van der Waals surface area contributed by atoms with Crippen molar-refractivity contribution in [3.8, 4) is 0 Å². The molecule has 0 atom stereocenters. The number of unbranched alkanes of at least 4 members (excludes halogenated alkanes) is 1. The van der Waals surface area contributed by atoms with Gasteiger partial charge in [0.05, 0.1) is 18.0 Å². The molecule has 0 amide bonds. The van der Waals surface area contributed by atoms with Gasteiger partial charge in [0.15, 0.2) is 0 Å². The minimum Gasteiger partial charge on any atom is -0.466 e. The zero-order valence-corrected chi connectivity index (χ0v) is 11.6. The molecule has 0 bridgehead atoms. The van der Waals surface area contributed by atoms with E-state index in [1.165, 1.54) is 31.2 Å². The Bertz CT molecular complexity index is 405. The molecule has 0 N–H and O–H groups in total. The fraction of sp³-hybridized carbons (Fsp3) is 0.538. The number of esters is 1. The first-order chi connectivity index (χ1) is 9.06. The standard InChI is InChI=1S/C9H10N2O4.C4H10/c1-2-15-9(12)6-7-8(11(13)14)4-3-5-10-7;1-3-4-2/h3-5H,2,6H2,1H3;3-4H2,1-2H3. The third kappa shape index (κ3) is 7.13. The summed E-state index contributed by atoms with van der Waals surface area (Å²) in [5.74, 6) is -0.515. The quantitative estimate of drug-likeness (QED) is 0.466. The monoisotopic (exact) mass is 268 g/mol. The zero-order chi connectivity index (χ0) is 14.7. The third-order valence-corrected chi connectivity index (χ3v) is 2.18. The van der Waals surface area contributed by atoms with Crippen LogP contribution in [0.1, 0.15) is 39.3 Å². The Morgan fingerprint density at radius 3 is 2.47 bits per heavy atom. The molecular weight excluding hydrogens is 248 g/mol. The fourth-order valence-electron chi connectivity index (χ4n) is 1.08. The van der Waals surface area contributed by atoms with E-state index < -0.39 is 10.9 Å². The maximum atomic E-state index is 11.1. The lowest BCUT2D eigenvalue weighted by Crippen LogP contribution is -2.10. The second kappa shape index (κ2) is 9.99. The van der Waals surface area contributed by atoms with Gasteiger partial charge < -0.3 is 4.74 Å². The van der Waals surface area contributed by atoms with Crippen molar-refractivity contribution < 1.29 is 14.5 Å². The zero-order valence-electron chi connectivity index (χ0n) is 11.6. The van der Waals surface area contributed by atoms with Crippen molar-refractivity contribution in [1.82, 2.24) is 4.98 Å². The van der Waals surface area contributed by atoms with E-state index in [1.54, 1.807) is 6.92 Å². The first kappa shape index (κ1) is 17.0. The van der Waals surface area contributed by atoms with Crippen molar-refractivity contribution in [2.75, 3.05) is 6.61 Å². The van der Waals surface area contributed by atoms with Crippen LogP contribution in [0.2, 0.25) is 0 Å². The van der Waals surface area contributed by atoms with Crippen LogP contribution in [0.3, 0.4) is 0 Å². The molecule has 106 valence electrons. The summed E-state index contributed by atoms with van der Waals surface area (Å²) in [6.07, 6.45) is 3.87. The summed E-state index contributed by atoms with van der Waals surface area (Å²) < 4.78 is 4.68. The SMILES string of the molecule is CCCC.CCOC(=O)Cc1ncccc1[N+](=O)[O-]. The number of ether oxygens (including phenoxy) is 1. The molecule has 0 aromatic carbocycles. The number of aromatic nitrogens is 1. The van der Waals surface area contributed by atoms with Crippen molar-refractivity contribution in [3.63, 3.8) is 0 Å². The summed E-state index contributed by atoms with van der Waals surface area (Å²) >= 11 is 0. The van der Waals surface area contributed by atoms with Crippen LogP contribution in [0.5, 0.6) is 0 Å². The Labute approximate surface area is 113 Å². The lowest BCUT2D eigenvalue weighted by Gasteiger charge is -2.01. The van der Waals surface area contributed by atoms with E-state index in [-0.39, 0.29) is 24.4 Å². The molecule has 19 heavy (non-hydrogen) atoms. The highest BCUT2D eigenvalue weighted by atomic mass is 16.6. The van der Waals surface area contributed by atoms with E-state index in [1.807, 2.05) is 0 Å². The van der Waals surface area contributed by atoms with Gasteiger partial charge in [-0.1, -0.05) is 26.7 Å². The van der Waals surface area contributed by atoms with E-state index in [0.29, 0.717) is 0 Å². The van der Waals surface area contributed by atoms with Gasteiger partial charge in [-0.15, -0.1) is 0 Å². The lowest BCUT2D eigenvalue weighted by atomic mass is 10.2. The van der Waals surface area contributed by atoms with Crippen LogP contribution in [0, 0.1) is 10.1 Å². The van der Waals surface area contributed by atoms with Gasteiger partial charge in [0, 0.05) is 12.3 Å². The summed E-state index contributed by atoms with van der Waals surface area (Å²) in [5, 5.41) is 10.6. The third-order valence-electron chi connectivity index (χ3n) is 2.18. The van der Waals surface area contributed by atoms with Gasteiger partial charge in [-0.3, -0.25) is 19.9 Å². The number of carbonyl (C=O) groups is 1. The van der Waals surface area contributed by atoms with Crippen molar-refractivity contribution in [3.05, 3.63) is 34.1 Å². The largest absolute Gasteiger partial charge is 0.466 e. The first-order valence-corrected chi connectivity index (χ1v) is 6.30. The number of rotatable bonds is 5. The molecule has 0 aliphatic carbocycles. The average Bonchev–Trinajstić information content (AvgIpc) is 2.39. The van der Waals surface area contributed by atoms with Crippen LogP contribution in [0.15, 0.2) is 18.3 Å². The maximum Gasteiger partial charge on any atom is 0.312 e. The van der Waals surface area contributed by atoms with Crippen molar-refractivity contribution in [2.45, 2.75) is 40.0 Å². The number of hydrogen-bond acceptors (Lipinski definition) is 5. The van der Waals surface area contributed by atoms with Crippen LogP contribution in [-0.2, 0) is 16.0 Å². The highest BCUT2D eigenvalue weighted by Crippen LogP contribution is 2.15. The number of carbonyl (C=O) groups excluding carboxylic acids is 1. The Kier molecular flexibility index (Phi) is 8.95. The Morgan fingerprint density at radius 2 is 2.00 bits per heavy atom. The molecule has 0 aliphatic rings. The number of nitrogens with zero attached hydrogens (tertiary/aromatic N) is 2. The van der Waals surface area contributed by atoms with E-state index in [0.717, 1.165) is 0 Å². The minimum absolute atomic E-state index is 0.126. The Morgan fingerprint density at radius 1 is 1.37 bits per heavy atom. The van der Waals surface area contributed by atoms with Crippen molar-refractivity contribution in [1.29, 1.82) is 0 Å². The lowest BCUT2D eigenvalue weighted by molar-refractivity contribution is -0.385. The molecule has 0 unspecified atom stereocenters. The van der Waals surface area contributed by atoms with Gasteiger partial charge >= 0.3 is 5.97 Å². The summed E-state index contributed by atoms with van der Waals surface area (Å²) in [6.45, 7) is 6.28. The van der Waals surface area contributed by atoms with Crippen LogP contribution in [0.4, 0.5) is 5.69 Å². The number of nitro groups is 1. The summed E-state index contributed by atoms with van der Waals surface area (Å²) in [5.41, 5.74) is -0.0356. The smallest absolute Gasteiger partial charge is 0.312 e. The topological polar surface area (TPSA) is 82.3 Å². The molecule has 0 saturated carbocycles. The molecule has 0 aliphatic heterocycles. The van der Waals surface area contributed by atoms with E-state index in [4.69, 9.17) is 0 Å². The van der Waals surface area contributed by atoms with Gasteiger partial charge in [0.2, 0.25) is 0 Å². The molecule has 0 saturated heterocycles. The van der Waals surface area contributed by atoms with Gasteiger partial charge in [-0.2, -0.15) is 0 Å². The van der Waals surface area contributed by atoms with E-state index >= 15 is 0 Å². The van der Waals surface area contributed by atoms with Crippen molar-refractivity contribution >= 4 is 11.7 Å². The highest BCUT2D eigenvalue weighted by Gasteiger charge is 2.17. The van der Waals surface area contributed by atoms with Gasteiger partial charge in [0.25, 0.3) is 5.69 Å². The average molecular weight is 268 g/mol. The summed E-state index contributed by atoms with van der Waals surface area (Å²) in [6, 6.07) is 2.76. The molecule has 0 fully saturated rings. The molecule has 1 aromatic rings. The first-order valence-electron chi connectivity index (χ1n) is 6.30. The number of hydrogen-bond donors (Lipinski definition) is 0. The normalized spacial score (nSPS) is 9.21. The molecule has 6 heteroatoms. The molecule has 1 rings (SSSR count). The second-order valence-electron chi connectivity index (χ2n) is 3.71. The summed E-state index contributed by atoms with van der Waals surface area (Å²) in [4.78, 5) is 24.9. The molecular formula is C13H20N2O4. The van der Waals surface area contributed by atoms with Gasteiger partial charge in [-0.05, 0) is 13.0 Å². The molecule has 1 heterocycles. The van der Waals surface area contributed by atoms with Crippen LogP contribution in [-0.4, -0.2) is 22.5 Å². The van der Waals surface area contributed by atoms with Crippen molar-refractivity contribution in [2.24, 2.45) is 0 Å². The minimum atomic E-state index is -0.568. The highest BCUT2D eigenvalue weighted by molar-refractivity contribution is 5.73. The maximum absolute atomic E-state index is 11.1. The van der Waals surface area contributed by atoms with E-state index in [2.05, 4.69) is 23.6 Å². The van der Waals surface area contributed by atoms with E-state index in [9.17, 15) is 14.9 Å². The fourth-order valence-corrected chi connectivity index (χ4v) is 1.08. The number of pyridine rings is 1. The van der Waals surface area contributed by atoms with Gasteiger partial charge in [0.1, 0.15) is 5.69 Å². The molecule has 0 radical (unpaired) electrons. The van der Waals surface area contributed by atoms with Crippen LogP contribution in [0.25, 0.3) is 0 Å². The molecule has 1 aromatic heterocycles. The molecule has 6 nitrogen and oxygen atoms in total. The van der Waals surface area contributed by atoms with Crippen LogP contribution < -0.4 is 0 Å².